The molecule has 0 bridgehead atoms. The van der Waals surface area contributed by atoms with Crippen LogP contribution >= 0.6 is 0 Å². The molecule has 2 aromatic heterocycles. The highest BCUT2D eigenvalue weighted by molar-refractivity contribution is 5.96. The van der Waals surface area contributed by atoms with Crippen molar-refractivity contribution in [2.24, 2.45) is 5.84 Å². The summed E-state index contributed by atoms with van der Waals surface area (Å²) in [6.45, 7) is 2.09. The number of amides is 1. The number of fused-ring (bicyclic) bond motifs is 3. The van der Waals surface area contributed by atoms with Crippen molar-refractivity contribution < 1.29 is 4.79 Å². The Balaban J connectivity index is 1.79. The summed E-state index contributed by atoms with van der Waals surface area (Å²) in [7, 11) is 0. The number of aromatic nitrogens is 4. The van der Waals surface area contributed by atoms with Gasteiger partial charge in [0.25, 0.3) is 5.91 Å². The molecule has 0 aliphatic rings. The molecule has 5 aromatic rings. The number of nitrogens with two attached hydrogens (primary N) is 1. The molecule has 0 atom stereocenters. The molecule has 29 heavy (non-hydrogen) atoms. The van der Waals surface area contributed by atoms with Crippen LogP contribution in [0.3, 0.4) is 0 Å². The van der Waals surface area contributed by atoms with Gasteiger partial charge in [-0.2, -0.15) is 0 Å². The molecule has 0 saturated heterocycles. The van der Waals surface area contributed by atoms with Crippen LogP contribution in [0.1, 0.15) is 5.56 Å². The molecule has 0 spiro atoms. The molecule has 7 nitrogen and oxygen atoms in total. The van der Waals surface area contributed by atoms with Gasteiger partial charge in [-0.15, -0.1) is 0 Å². The van der Waals surface area contributed by atoms with Gasteiger partial charge in [0.05, 0.1) is 33.1 Å². The maximum atomic E-state index is 12.1. The Hall–Kier alpha value is -3.84. The molecule has 7 heteroatoms. The summed E-state index contributed by atoms with van der Waals surface area (Å²) < 4.78 is 1.86. The van der Waals surface area contributed by atoms with E-state index in [1.165, 1.54) is 0 Å². The van der Waals surface area contributed by atoms with Gasteiger partial charge in [-0.3, -0.25) is 10.2 Å². The fraction of sp³-hybridized carbons (Fsp3) is 0.0909. The second kappa shape index (κ2) is 6.65. The molecule has 0 unspecified atom stereocenters. The summed E-state index contributed by atoms with van der Waals surface area (Å²) in [5, 5.41) is 0. The van der Waals surface area contributed by atoms with Gasteiger partial charge in [0, 0.05) is 5.56 Å². The lowest BCUT2D eigenvalue weighted by atomic mass is 10.1. The zero-order valence-corrected chi connectivity index (χ0v) is 15.8. The topological polar surface area (TPSA) is 98.7 Å². The first-order chi connectivity index (χ1) is 14.1. The number of nitrogens with zero attached hydrogens (tertiary/aromatic N) is 4. The molecule has 0 saturated carbocycles. The predicted octanol–water partition coefficient (Wildman–Crippen LogP) is 3.10. The first-order valence-corrected chi connectivity index (χ1v) is 9.25. The van der Waals surface area contributed by atoms with Gasteiger partial charge < -0.3 is 4.57 Å². The van der Waals surface area contributed by atoms with Crippen LogP contribution in [-0.2, 0) is 11.3 Å². The second-order valence-corrected chi connectivity index (χ2v) is 7.00. The quantitative estimate of drug-likeness (QED) is 0.216. The summed E-state index contributed by atoms with van der Waals surface area (Å²) in [5.41, 5.74) is 9.01. The van der Waals surface area contributed by atoms with E-state index >= 15 is 0 Å². The van der Waals surface area contributed by atoms with Crippen LogP contribution in [0, 0.1) is 6.92 Å². The van der Waals surface area contributed by atoms with E-state index in [0.717, 1.165) is 44.2 Å². The summed E-state index contributed by atoms with van der Waals surface area (Å²) in [6.07, 6.45) is 0. The van der Waals surface area contributed by atoms with Crippen LogP contribution in [0.5, 0.6) is 0 Å². The molecule has 3 aromatic carbocycles. The Morgan fingerprint density at radius 1 is 0.897 bits per heavy atom. The van der Waals surface area contributed by atoms with Gasteiger partial charge in [0.2, 0.25) is 0 Å². The highest BCUT2D eigenvalue weighted by atomic mass is 16.2. The van der Waals surface area contributed by atoms with Gasteiger partial charge in [-0.1, -0.05) is 42.0 Å². The third-order valence-corrected chi connectivity index (χ3v) is 4.98. The fourth-order valence-electron chi connectivity index (χ4n) is 3.51. The van der Waals surface area contributed by atoms with Crippen molar-refractivity contribution in [3.63, 3.8) is 0 Å². The summed E-state index contributed by atoms with van der Waals surface area (Å²) in [5.74, 6) is 5.73. The van der Waals surface area contributed by atoms with E-state index in [1.54, 1.807) is 0 Å². The van der Waals surface area contributed by atoms with Crippen LogP contribution in [-0.4, -0.2) is 25.4 Å². The van der Waals surface area contributed by atoms with Gasteiger partial charge in [-0.25, -0.2) is 20.8 Å². The largest absolute Gasteiger partial charge is 0.314 e. The molecule has 5 rings (SSSR count). The van der Waals surface area contributed by atoms with Gasteiger partial charge in [0.15, 0.2) is 0 Å². The number of benzene rings is 3. The van der Waals surface area contributed by atoms with Crippen molar-refractivity contribution in [3.8, 4) is 11.4 Å². The number of para-hydroxylation sites is 2. The lowest BCUT2D eigenvalue weighted by molar-refractivity contribution is -0.121. The maximum absolute atomic E-state index is 12.1. The molecule has 0 fully saturated rings. The van der Waals surface area contributed by atoms with Crippen molar-refractivity contribution in [3.05, 3.63) is 66.2 Å². The molecule has 0 radical (unpaired) electrons. The Kier molecular flexibility index (Phi) is 3.96. The normalized spacial score (nSPS) is 11.4. The van der Waals surface area contributed by atoms with E-state index in [4.69, 9.17) is 20.8 Å². The van der Waals surface area contributed by atoms with E-state index in [9.17, 15) is 4.79 Å². The molecule has 0 aliphatic carbocycles. The molecule has 2 heterocycles. The highest BCUT2D eigenvalue weighted by Crippen LogP contribution is 2.28. The number of hydrogen-bond donors (Lipinski definition) is 2. The van der Waals surface area contributed by atoms with Gasteiger partial charge >= 0.3 is 0 Å². The third-order valence-electron chi connectivity index (χ3n) is 4.98. The van der Waals surface area contributed by atoms with E-state index < -0.39 is 0 Å². The van der Waals surface area contributed by atoms with E-state index in [0.29, 0.717) is 5.82 Å². The number of hydrogen-bond acceptors (Lipinski definition) is 5. The van der Waals surface area contributed by atoms with Gasteiger partial charge in [0.1, 0.15) is 12.4 Å². The Bertz CT molecular complexity index is 1390. The minimum Gasteiger partial charge on any atom is -0.314 e. The van der Waals surface area contributed by atoms with Crippen molar-refractivity contribution >= 4 is 39.0 Å². The van der Waals surface area contributed by atoms with Crippen LogP contribution in [0.15, 0.2) is 60.7 Å². The molecule has 142 valence electrons. The number of aryl methyl sites for hydroxylation is 1. The first kappa shape index (κ1) is 17.3. The average molecular weight is 382 g/mol. The highest BCUT2D eigenvalue weighted by Gasteiger charge is 2.17. The number of hydrazine groups is 1. The lowest BCUT2D eigenvalue weighted by Gasteiger charge is -2.09. The zero-order chi connectivity index (χ0) is 20.0. The Morgan fingerprint density at radius 2 is 1.55 bits per heavy atom. The third kappa shape index (κ3) is 2.97. The molecular weight excluding hydrogens is 364 g/mol. The van der Waals surface area contributed by atoms with Crippen molar-refractivity contribution in [2.75, 3.05) is 0 Å². The van der Waals surface area contributed by atoms with Crippen molar-refractivity contribution in [1.29, 1.82) is 0 Å². The monoisotopic (exact) mass is 382 g/mol. The number of rotatable bonds is 3. The van der Waals surface area contributed by atoms with E-state index in [1.807, 2.05) is 72.2 Å². The maximum Gasteiger partial charge on any atom is 0.253 e. The minimum absolute atomic E-state index is 0.0583. The number of carbonyl (C=O) groups excluding carboxylic acids is 1. The summed E-state index contributed by atoms with van der Waals surface area (Å²) in [6, 6.07) is 19.6. The lowest BCUT2D eigenvalue weighted by Crippen LogP contribution is -2.33. The van der Waals surface area contributed by atoms with Crippen LogP contribution in [0.2, 0.25) is 0 Å². The second-order valence-electron chi connectivity index (χ2n) is 7.00. The smallest absolute Gasteiger partial charge is 0.253 e. The first-order valence-electron chi connectivity index (χ1n) is 9.25. The van der Waals surface area contributed by atoms with Crippen molar-refractivity contribution in [1.82, 2.24) is 24.9 Å². The van der Waals surface area contributed by atoms with Crippen LogP contribution < -0.4 is 11.3 Å². The predicted molar refractivity (Wildman–Crippen MR) is 113 cm³/mol. The minimum atomic E-state index is -0.303. The number of carbonyl (C=O) groups is 1. The van der Waals surface area contributed by atoms with E-state index in [2.05, 4.69) is 5.43 Å². The number of nitrogens with one attached hydrogen (secondary N) is 1. The Morgan fingerprint density at radius 3 is 2.21 bits per heavy atom. The van der Waals surface area contributed by atoms with Crippen molar-refractivity contribution in [2.45, 2.75) is 13.5 Å². The fourth-order valence-corrected chi connectivity index (χ4v) is 3.51. The van der Waals surface area contributed by atoms with Crippen LogP contribution in [0.25, 0.3) is 44.5 Å². The van der Waals surface area contributed by atoms with Gasteiger partial charge in [-0.05, 0) is 31.2 Å². The summed E-state index contributed by atoms with van der Waals surface area (Å²) in [4.78, 5) is 26.3. The number of imidazole rings is 1. The zero-order valence-electron chi connectivity index (χ0n) is 15.8. The summed E-state index contributed by atoms with van der Waals surface area (Å²) >= 11 is 0. The SMILES string of the molecule is Cc1ccc(-c2nc3cc4nc5ccccc5nc4cc3n2CC(=O)NN)cc1. The Labute approximate surface area is 166 Å². The molecule has 1 amide bonds. The average Bonchev–Trinajstić information content (AvgIpc) is 3.08. The van der Waals surface area contributed by atoms with Crippen LogP contribution in [0.4, 0.5) is 0 Å². The molecular formula is C22H18N6O. The molecule has 3 N–H and O–H groups in total. The standard InChI is InChI=1S/C22H18N6O/c1-13-6-8-14(9-7-13)22-26-19-10-17-18(11-20(19)28(22)12-21(29)27-23)25-16-5-3-2-4-15(16)24-17/h2-11H,12,23H2,1H3,(H,27,29). The van der Waals surface area contributed by atoms with E-state index in [-0.39, 0.29) is 12.5 Å². The molecule has 0 aliphatic heterocycles.